The molecule has 110 valence electrons. The standard InChI is InChI=1S/C14H25NO4/c1-9(2)14(3,13(18)19)7-12(17)15-8-10-5-4-6-11(10)16/h9-11,16H,4-8H2,1-3H3,(H,15,17)(H,18,19). The van der Waals surface area contributed by atoms with Gasteiger partial charge < -0.3 is 15.5 Å². The molecular weight excluding hydrogens is 246 g/mol. The molecule has 1 amide bonds. The van der Waals surface area contributed by atoms with Gasteiger partial charge in [-0.1, -0.05) is 20.3 Å². The first-order valence-electron chi connectivity index (χ1n) is 6.95. The van der Waals surface area contributed by atoms with Crippen molar-refractivity contribution in [2.75, 3.05) is 6.54 Å². The summed E-state index contributed by atoms with van der Waals surface area (Å²) < 4.78 is 0. The van der Waals surface area contributed by atoms with Gasteiger partial charge in [-0.25, -0.2) is 0 Å². The van der Waals surface area contributed by atoms with Gasteiger partial charge in [0.1, 0.15) is 0 Å². The van der Waals surface area contributed by atoms with E-state index in [0.29, 0.717) is 6.54 Å². The van der Waals surface area contributed by atoms with E-state index in [1.54, 1.807) is 6.92 Å². The lowest BCUT2D eigenvalue weighted by molar-refractivity contribution is -0.153. The largest absolute Gasteiger partial charge is 0.481 e. The zero-order valence-electron chi connectivity index (χ0n) is 12.0. The van der Waals surface area contributed by atoms with Crippen LogP contribution in [0.4, 0.5) is 0 Å². The molecule has 1 rings (SSSR count). The Morgan fingerprint density at radius 3 is 2.42 bits per heavy atom. The van der Waals surface area contributed by atoms with E-state index in [0.717, 1.165) is 19.3 Å². The van der Waals surface area contributed by atoms with E-state index < -0.39 is 11.4 Å². The van der Waals surface area contributed by atoms with Crippen molar-refractivity contribution < 1.29 is 19.8 Å². The lowest BCUT2D eigenvalue weighted by Crippen LogP contribution is -2.40. The fourth-order valence-electron chi connectivity index (χ4n) is 2.42. The van der Waals surface area contributed by atoms with Gasteiger partial charge in [0, 0.05) is 18.9 Å². The summed E-state index contributed by atoms with van der Waals surface area (Å²) in [6, 6.07) is 0. The van der Waals surface area contributed by atoms with Gasteiger partial charge in [-0.2, -0.15) is 0 Å². The minimum absolute atomic E-state index is 0.0250. The SMILES string of the molecule is CC(C)C(C)(CC(=O)NCC1CCCC1O)C(=O)O. The average Bonchev–Trinajstić information content (AvgIpc) is 2.71. The van der Waals surface area contributed by atoms with E-state index in [9.17, 15) is 19.8 Å². The highest BCUT2D eigenvalue weighted by molar-refractivity contribution is 5.84. The number of aliphatic hydroxyl groups excluding tert-OH is 1. The number of carboxylic acid groups (broad SMARTS) is 1. The van der Waals surface area contributed by atoms with Gasteiger partial charge >= 0.3 is 5.97 Å². The van der Waals surface area contributed by atoms with Crippen LogP contribution in [0.3, 0.4) is 0 Å². The van der Waals surface area contributed by atoms with Gasteiger partial charge in [0.2, 0.25) is 5.91 Å². The summed E-state index contributed by atoms with van der Waals surface area (Å²) in [5, 5.41) is 21.7. The molecule has 0 radical (unpaired) electrons. The number of carbonyl (C=O) groups excluding carboxylic acids is 1. The third kappa shape index (κ3) is 3.93. The molecule has 3 unspecified atom stereocenters. The Morgan fingerprint density at radius 2 is 2.00 bits per heavy atom. The summed E-state index contributed by atoms with van der Waals surface area (Å²) in [6.45, 7) is 5.65. The molecule has 0 heterocycles. The molecule has 0 bridgehead atoms. The lowest BCUT2D eigenvalue weighted by atomic mass is 9.76. The van der Waals surface area contributed by atoms with Gasteiger partial charge in [0.25, 0.3) is 0 Å². The second-order valence-corrected chi connectivity index (χ2v) is 6.12. The summed E-state index contributed by atoms with van der Waals surface area (Å²) in [7, 11) is 0. The zero-order valence-corrected chi connectivity index (χ0v) is 12.0. The molecule has 5 nitrogen and oxygen atoms in total. The Hall–Kier alpha value is -1.10. The van der Waals surface area contributed by atoms with Crippen molar-refractivity contribution in [2.45, 2.75) is 52.6 Å². The normalized spacial score (nSPS) is 26.2. The molecule has 1 saturated carbocycles. The monoisotopic (exact) mass is 271 g/mol. The average molecular weight is 271 g/mol. The number of hydrogen-bond donors (Lipinski definition) is 3. The van der Waals surface area contributed by atoms with E-state index in [4.69, 9.17) is 0 Å². The topological polar surface area (TPSA) is 86.6 Å². The Morgan fingerprint density at radius 1 is 1.37 bits per heavy atom. The number of aliphatic hydroxyl groups is 1. The van der Waals surface area contributed by atoms with Crippen molar-refractivity contribution in [3.63, 3.8) is 0 Å². The van der Waals surface area contributed by atoms with E-state index in [1.165, 1.54) is 0 Å². The molecule has 0 aromatic carbocycles. The minimum Gasteiger partial charge on any atom is -0.481 e. The lowest BCUT2D eigenvalue weighted by Gasteiger charge is -2.28. The molecule has 0 aromatic heterocycles. The Kier molecular flexibility index (Phi) is 5.35. The van der Waals surface area contributed by atoms with Crippen LogP contribution in [0.2, 0.25) is 0 Å². The van der Waals surface area contributed by atoms with Crippen LogP contribution in [0, 0.1) is 17.3 Å². The number of hydrogen-bond acceptors (Lipinski definition) is 3. The molecule has 1 aliphatic carbocycles. The van der Waals surface area contributed by atoms with Crippen molar-refractivity contribution in [2.24, 2.45) is 17.3 Å². The van der Waals surface area contributed by atoms with Crippen LogP contribution in [-0.2, 0) is 9.59 Å². The first-order chi connectivity index (χ1) is 8.77. The van der Waals surface area contributed by atoms with E-state index in [-0.39, 0.29) is 30.3 Å². The summed E-state index contributed by atoms with van der Waals surface area (Å²) in [6.07, 6.45) is 2.33. The Bertz CT molecular complexity index is 342. The summed E-state index contributed by atoms with van der Waals surface area (Å²) in [4.78, 5) is 23.2. The highest BCUT2D eigenvalue weighted by Gasteiger charge is 2.39. The fourth-order valence-corrected chi connectivity index (χ4v) is 2.42. The highest BCUT2D eigenvalue weighted by atomic mass is 16.4. The molecule has 3 N–H and O–H groups in total. The van der Waals surface area contributed by atoms with Crippen LogP contribution < -0.4 is 5.32 Å². The van der Waals surface area contributed by atoms with Crippen LogP contribution in [-0.4, -0.2) is 34.7 Å². The number of carbonyl (C=O) groups is 2. The maximum atomic E-state index is 11.9. The van der Waals surface area contributed by atoms with Gasteiger partial charge in [-0.15, -0.1) is 0 Å². The molecule has 5 heteroatoms. The van der Waals surface area contributed by atoms with E-state index in [2.05, 4.69) is 5.32 Å². The first kappa shape index (κ1) is 16.0. The summed E-state index contributed by atoms with van der Waals surface area (Å²) in [5.41, 5.74) is -1.04. The predicted molar refractivity (Wildman–Crippen MR) is 71.6 cm³/mol. The summed E-state index contributed by atoms with van der Waals surface area (Å²) >= 11 is 0. The van der Waals surface area contributed by atoms with Gasteiger partial charge in [0.05, 0.1) is 11.5 Å². The molecule has 0 saturated heterocycles. The van der Waals surface area contributed by atoms with Crippen molar-refractivity contribution in [1.29, 1.82) is 0 Å². The van der Waals surface area contributed by atoms with Crippen molar-refractivity contribution in [3.8, 4) is 0 Å². The number of rotatable bonds is 6. The predicted octanol–water partition coefficient (Wildman–Crippen LogP) is 1.40. The maximum absolute atomic E-state index is 11.9. The van der Waals surface area contributed by atoms with Gasteiger partial charge in [-0.05, 0) is 25.7 Å². The molecule has 0 aliphatic heterocycles. The number of aliphatic carboxylic acids is 1. The minimum atomic E-state index is -1.04. The highest BCUT2D eigenvalue weighted by Crippen LogP contribution is 2.31. The number of amides is 1. The van der Waals surface area contributed by atoms with Crippen molar-refractivity contribution in [3.05, 3.63) is 0 Å². The van der Waals surface area contributed by atoms with Crippen LogP contribution >= 0.6 is 0 Å². The second-order valence-electron chi connectivity index (χ2n) is 6.12. The third-order valence-electron chi connectivity index (χ3n) is 4.47. The second kappa shape index (κ2) is 6.37. The molecule has 19 heavy (non-hydrogen) atoms. The third-order valence-corrected chi connectivity index (χ3v) is 4.47. The molecule has 0 aromatic rings. The van der Waals surface area contributed by atoms with Gasteiger partial charge in [0.15, 0.2) is 0 Å². The Balaban J connectivity index is 2.47. The maximum Gasteiger partial charge on any atom is 0.310 e. The van der Waals surface area contributed by atoms with Crippen molar-refractivity contribution >= 4 is 11.9 Å². The fraction of sp³-hybridized carbons (Fsp3) is 0.857. The number of nitrogens with one attached hydrogen (secondary N) is 1. The summed E-state index contributed by atoms with van der Waals surface area (Å²) in [5.74, 6) is -1.21. The van der Waals surface area contributed by atoms with E-state index in [1.807, 2.05) is 13.8 Å². The smallest absolute Gasteiger partial charge is 0.310 e. The van der Waals surface area contributed by atoms with Crippen LogP contribution in [0.5, 0.6) is 0 Å². The van der Waals surface area contributed by atoms with Crippen LogP contribution in [0.15, 0.2) is 0 Å². The van der Waals surface area contributed by atoms with Crippen molar-refractivity contribution in [1.82, 2.24) is 5.32 Å². The molecule has 3 atom stereocenters. The molecule has 1 fully saturated rings. The van der Waals surface area contributed by atoms with Gasteiger partial charge in [-0.3, -0.25) is 9.59 Å². The van der Waals surface area contributed by atoms with Crippen LogP contribution in [0.25, 0.3) is 0 Å². The zero-order chi connectivity index (χ0) is 14.6. The molecule has 1 aliphatic rings. The van der Waals surface area contributed by atoms with Crippen LogP contribution in [0.1, 0.15) is 46.5 Å². The molecular formula is C14H25NO4. The first-order valence-corrected chi connectivity index (χ1v) is 6.95. The quantitative estimate of drug-likeness (QED) is 0.681. The molecule has 0 spiro atoms. The van der Waals surface area contributed by atoms with E-state index >= 15 is 0 Å². The number of carboxylic acids is 1. The Labute approximate surface area is 114 Å².